The zero-order valence-electron chi connectivity index (χ0n) is 19.1. The van der Waals surface area contributed by atoms with Crippen LogP contribution in [0.2, 0.25) is 5.02 Å². The summed E-state index contributed by atoms with van der Waals surface area (Å²) in [5.41, 5.74) is 0.212. The van der Waals surface area contributed by atoms with Gasteiger partial charge >= 0.3 is 6.03 Å². The summed E-state index contributed by atoms with van der Waals surface area (Å²) >= 11 is 7.04. The van der Waals surface area contributed by atoms with Crippen LogP contribution in [0.15, 0.2) is 24.3 Å². The normalized spacial score (nSPS) is 17.8. The van der Waals surface area contributed by atoms with Crippen LogP contribution in [0.25, 0.3) is 10.2 Å². The average Bonchev–Trinajstić information content (AvgIpc) is 3.35. The Morgan fingerprint density at radius 3 is 2.78 bits per heavy atom. The van der Waals surface area contributed by atoms with Gasteiger partial charge in [0.2, 0.25) is 11.8 Å². The van der Waals surface area contributed by atoms with E-state index >= 15 is 0 Å². The van der Waals surface area contributed by atoms with Crippen molar-refractivity contribution in [3.8, 4) is 0 Å². The van der Waals surface area contributed by atoms with E-state index < -0.39 is 29.3 Å². The van der Waals surface area contributed by atoms with Crippen LogP contribution < -0.4 is 16.0 Å². The van der Waals surface area contributed by atoms with Gasteiger partial charge in [0.05, 0.1) is 33.6 Å². The van der Waals surface area contributed by atoms with Gasteiger partial charge in [-0.3, -0.25) is 25.0 Å². The highest BCUT2D eigenvalue weighted by atomic mass is 35.5. The van der Waals surface area contributed by atoms with Crippen LogP contribution in [0, 0.1) is 5.82 Å². The van der Waals surface area contributed by atoms with Gasteiger partial charge in [0.1, 0.15) is 22.7 Å². The number of carbonyl (C=O) groups is 4. The molecule has 0 aliphatic carbocycles. The zero-order valence-corrected chi connectivity index (χ0v) is 20.7. The number of fused-ring (bicyclic) bond motifs is 2. The van der Waals surface area contributed by atoms with Crippen molar-refractivity contribution < 1.29 is 23.6 Å². The molecule has 3 aromatic rings. The molecule has 0 saturated carbocycles. The summed E-state index contributed by atoms with van der Waals surface area (Å²) in [6.07, 6.45) is 0.399. The summed E-state index contributed by atoms with van der Waals surface area (Å²) in [5, 5.41) is 8.42. The van der Waals surface area contributed by atoms with Gasteiger partial charge in [0.15, 0.2) is 0 Å². The second-order valence-electron chi connectivity index (χ2n) is 9.05. The smallest absolute Gasteiger partial charge is 0.321 e. The molecule has 0 bridgehead atoms. The number of thiazole rings is 1. The summed E-state index contributed by atoms with van der Waals surface area (Å²) in [4.78, 5) is 59.4. The third kappa shape index (κ3) is 4.37. The minimum atomic E-state index is -0.943. The van der Waals surface area contributed by atoms with E-state index in [0.29, 0.717) is 26.5 Å². The Morgan fingerprint density at radius 1 is 1.25 bits per heavy atom. The summed E-state index contributed by atoms with van der Waals surface area (Å²) in [5.74, 6) is -1.50. The number of piperidine rings is 1. The minimum Gasteiger partial charge on any atom is -0.326 e. The minimum absolute atomic E-state index is 0.0862. The van der Waals surface area contributed by atoms with E-state index in [0.717, 1.165) is 11.3 Å². The van der Waals surface area contributed by atoms with Gasteiger partial charge in [-0.2, -0.15) is 0 Å². The first-order chi connectivity index (χ1) is 17.0. The Balaban J connectivity index is 1.28. The largest absolute Gasteiger partial charge is 0.326 e. The molecule has 1 atom stereocenters. The molecule has 5 rings (SSSR count). The van der Waals surface area contributed by atoms with Crippen molar-refractivity contribution in [2.24, 2.45) is 0 Å². The van der Waals surface area contributed by atoms with E-state index in [1.165, 1.54) is 23.1 Å². The fraction of sp³-hybridized carbons (Fsp3) is 0.304. The molecule has 13 heteroatoms. The Kier molecular flexibility index (Phi) is 5.87. The Labute approximate surface area is 213 Å². The van der Waals surface area contributed by atoms with Crippen LogP contribution in [0.3, 0.4) is 0 Å². The number of nitrogens with zero attached hydrogens (tertiary/aromatic N) is 3. The lowest BCUT2D eigenvalue weighted by molar-refractivity contribution is -0.136. The van der Waals surface area contributed by atoms with Crippen LogP contribution in [0.1, 0.15) is 47.7 Å². The Hall–Kier alpha value is -3.64. The van der Waals surface area contributed by atoms with E-state index in [-0.39, 0.29) is 42.0 Å². The van der Waals surface area contributed by atoms with Crippen LogP contribution in [0.4, 0.5) is 15.0 Å². The van der Waals surface area contributed by atoms with E-state index in [4.69, 9.17) is 11.6 Å². The van der Waals surface area contributed by atoms with E-state index in [9.17, 15) is 23.6 Å². The lowest BCUT2D eigenvalue weighted by Crippen LogP contribution is -2.52. The average molecular weight is 531 g/mol. The quantitative estimate of drug-likeness (QED) is 0.443. The van der Waals surface area contributed by atoms with Gasteiger partial charge < -0.3 is 10.2 Å². The number of anilines is 1. The van der Waals surface area contributed by atoms with Crippen molar-refractivity contribution in [2.45, 2.75) is 44.8 Å². The number of amides is 5. The molecule has 5 amide bonds. The number of rotatable bonds is 4. The highest BCUT2D eigenvalue weighted by Crippen LogP contribution is 2.33. The molecule has 1 saturated heterocycles. The highest BCUT2D eigenvalue weighted by Gasteiger charge is 2.40. The highest BCUT2D eigenvalue weighted by molar-refractivity contribution is 7.18. The summed E-state index contributed by atoms with van der Waals surface area (Å²) in [6.45, 7) is 3.55. The lowest BCUT2D eigenvalue weighted by Gasteiger charge is -2.29. The van der Waals surface area contributed by atoms with Crippen molar-refractivity contribution in [3.05, 3.63) is 51.4 Å². The number of aromatic nitrogens is 2. The predicted molar refractivity (Wildman–Crippen MR) is 130 cm³/mol. The topological polar surface area (TPSA) is 133 Å². The van der Waals surface area contributed by atoms with Gasteiger partial charge in [-0.05, 0) is 44.5 Å². The molecule has 1 fully saturated rings. The van der Waals surface area contributed by atoms with Crippen molar-refractivity contribution in [1.29, 1.82) is 0 Å². The Bertz CT molecular complexity index is 1460. The van der Waals surface area contributed by atoms with Gasteiger partial charge in [-0.25, -0.2) is 19.2 Å². The maximum Gasteiger partial charge on any atom is 0.321 e. The summed E-state index contributed by atoms with van der Waals surface area (Å²) < 4.78 is 14.6. The number of hydrogen-bond acceptors (Lipinski definition) is 7. The summed E-state index contributed by atoms with van der Waals surface area (Å²) in [6, 6.07) is 4.48. The lowest BCUT2D eigenvalue weighted by atomic mass is 10.0. The van der Waals surface area contributed by atoms with Crippen LogP contribution in [-0.2, 0) is 21.7 Å². The number of hydrogen-bond donors (Lipinski definition) is 3. The number of benzene rings is 1. The number of nitrogens with one attached hydrogen (secondary N) is 3. The molecule has 36 heavy (non-hydrogen) atoms. The van der Waals surface area contributed by atoms with E-state index in [1.54, 1.807) is 19.9 Å². The molecule has 186 valence electrons. The molecular formula is C23H20ClFN6O4S. The first-order valence-corrected chi connectivity index (χ1v) is 12.2. The number of halogens is 2. The molecule has 0 spiro atoms. The first kappa shape index (κ1) is 24.1. The van der Waals surface area contributed by atoms with Crippen molar-refractivity contribution in [3.63, 3.8) is 0 Å². The maximum atomic E-state index is 14.2. The van der Waals surface area contributed by atoms with Crippen molar-refractivity contribution >= 4 is 62.7 Å². The maximum absolute atomic E-state index is 14.2. The van der Waals surface area contributed by atoms with Gasteiger partial charge in [-0.1, -0.05) is 11.6 Å². The van der Waals surface area contributed by atoms with Crippen LogP contribution in [0.5, 0.6) is 0 Å². The zero-order chi connectivity index (χ0) is 25.8. The molecule has 4 heterocycles. The molecule has 2 aliphatic heterocycles. The Morgan fingerprint density at radius 2 is 2.03 bits per heavy atom. The number of imide groups is 1. The third-order valence-corrected chi connectivity index (χ3v) is 7.61. The number of pyridine rings is 1. The third-order valence-electron chi connectivity index (χ3n) is 5.98. The first-order valence-electron chi connectivity index (χ1n) is 11.0. The molecular weight excluding hydrogens is 511 g/mol. The van der Waals surface area contributed by atoms with Gasteiger partial charge in [0.25, 0.3) is 5.91 Å². The monoisotopic (exact) mass is 530 g/mol. The standard InChI is InChI=1S/C23H20ClFN6O4S/c1-23(2,21-27-13-8-10(24)7-12(25)18(13)36-21)30-22(35)28-16-5-3-11-14(26-16)9-31(20(11)34)15-4-6-17(32)29-19(15)33/h3,5,7-8,15H,4,6,9H2,1-2H3,(H,29,32,33)(H2,26,28,30,35). The molecule has 1 aromatic carbocycles. The predicted octanol–water partition coefficient (Wildman–Crippen LogP) is 3.30. The number of urea groups is 1. The fourth-order valence-corrected chi connectivity index (χ4v) is 5.43. The van der Waals surface area contributed by atoms with Gasteiger partial charge in [-0.15, -0.1) is 11.3 Å². The second-order valence-corrected chi connectivity index (χ2v) is 10.5. The van der Waals surface area contributed by atoms with E-state index in [2.05, 4.69) is 25.9 Å². The molecule has 3 N–H and O–H groups in total. The molecule has 0 radical (unpaired) electrons. The van der Waals surface area contributed by atoms with Crippen LogP contribution >= 0.6 is 22.9 Å². The SMILES string of the molecule is CC(C)(NC(=O)Nc1ccc2c(n1)CN(C1CCC(=O)NC1=O)C2=O)c1nc2cc(Cl)cc(F)c2s1. The van der Waals surface area contributed by atoms with Gasteiger partial charge in [0, 0.05) is 11.4 Å². The summed E-state index contributed by atoms with van der Waals surface area (Å²) in [7, 11) is 0. The fourth-order valence-electron chi connectivity index (χ4n) is 4.22. The molecule has 10 nitrogen and oxygen atoms in total. The van der Waals surface area contributed by atoms with Crippen LogP contribution in [-0.4, -0.2) is 44.7 Å². The second kappa shape index (κ2) is 8.79. The molecule has 1 unspecified atom stereocenters. The van der Waals surface area contributed by atoms with E-state index in [1.807, 2.05) is 0 Å². The molecule has 2 aliphatic rings. The van der Waals surface area contributed by atoms with Crippen molar-refractivity contribution in [1.82, 2.24) is 25.5 Å². The van der Waals surface area contributed by atoms with Crippen molar-refractivity contribution in [2.75, 3.05) is 5.32 Å². The number of carbonyl (C=O) groups excluding carboxylic acids is 4. The molecule has 2 aromatic heterocycles.